The van der Waals surface area contributed by atoms with Crippen LogP contribution in [-0.4, -0.2) is 47.1 Å². The zero-order valence-electron chi connectivity index (χ0n) is 17.4. The van der Waals surface area contributed by atoms with Gasteiger partial charge >= 0.3 is 0 Å². The number of guanidine groups is 1. The molecule has 0 aliphatic rings. The standard InChI is InChI=1S/C21H33N5O2/c1-5-22-20(24-16-21(3,27)19-12-25-26(4)13-19)23-11-17(2)14-28-15-18-9-7-6-8-10-18/h6-10,12-13,17,27H,5,11,14-16H2,1-4H3,(H2,22,23,24). The van der Waals surface area contributed by atoms with Crippen molar-refractivity contribution in [3.8, 4) is 0 Å². The average Bonchev–Trinajstić information content (AvgIpc) is 3.12. The molecule has 0 amide bonds. The minimum atomic E-state index is -1.07. The van der Waals surface area contributed by atoms with Crippen LogP contribution in [0.4, 0.5) is 0 Å². The van der Waals surface area contributed by atoms with Crippen molar-refractivity contribution in [3.63, 3.8) is 0 Å². The average molecular weight is 388 g/mol. The van der Waals surface area contributed by atoms with Crippen LogP contribution >= 0.6 is 0 Å². The van der Waals surface area contributed by atoms with Gasteiger partial charge in [-0.2, -0.15) is 5.10 Å². The number of hydrogen-bond acceptors (Lipinski definition) is 4. The topological polar surface area (TPSA) is 83.7 Å². The lowest BCUT2D eigenvalue weighted by molar-refractivity contribution is 0.0671. The van der Waals surface area contributed by atoms with Gasteiger partial charge in [-0.25, -0.2) is 4.99 Å². The van der Waals surface area contributed by atoms with Crippen LogP contribution in [-0.2, 0) is 24.0 Å². The van der Waals surface area contributed by atoms with Gasteiger partial charge in [0.15, 0.2) is 5.96 Å². The molecule has 0 aliphatic carbocycles. The van der Waals surface area contributed by atoms with Crippen LogP contribution in [0.5, 0.6) is 0 Å². The van der Waals surface area contributed by atoms with Gasteiger partial charge in [-0.15, -0.1) is 0 Å². The first-order valence-electron chi connectivity index (χ1n) is 9.76. The normalized spacial score (nSPS) is 15.1. The Hall–Kier alpha value is -2.38. The molecule has 2 rings (SSSR count). The predicted molar refractivity (Wildman–Crippen MR) is 112 cm³/mol. The molecule has 0 radical (unpaired) electrons. The molecular weight excluding hydrogens is 354 g/mol. The second kappa shape index (κ2) is 10.8. The van der Waals surface area contributed by atoms with Crippen LogP contribution in [0.2, 0.25) is 0 Å². The smallest absolute Gasteiger partial charge is 0.191 e. The van der Waals surface area contributed by atoms with E-state index < -0.39 is 5.60 Å². The molecule has 0 fully saturated rings. The minimum absolute atomic E-state index is 0.243. The van der Waals surface area contributed by atoms with Gasteiger partial charge in [0.2, 0.25) is 0 Å². The van der Waals surface area contributed by atoms with Crippen molar-refractivity contribution < 1.29 is 9.84 Å². The summed E-state index contributed by atoms with van der Waals surface area (Å²) in [5.41, 5.74) is 0.855. The van der Waals surface area contributed by atoms with Crippen molar-refractivity contribution in [1.29, 1.82) is 0 Å². The summed E-state index contributed by atoms with van der Waals surface area (Å²) in [7, 11) is 1.83. The molecule has 0 saturated carbocycles. The maximum absolute atomic E-state index is 10.7. The van der Waals surface area contributed by atoms with Gasteiger partial charge in [-0.1, -0.05) is 37.3 Å². The van der Waals surface area contributed by atoms with Gasteiger partial charge in [0.1, 0.15) is 5.60 Å². The summed E-state index contributed by atoms with van der Waals surface area (Å²) in [5, 5.41) is 21.3. The largest absolute Gasteiger partial charge is 0.383 e. The summed E-state index contributed by atoms with van der Waals surface area (Å²) in [4.78, 5) is 4.54. The number of aliphatic hydroxyl groups is 1. The molecule has 1 heterocycles. The Morgan fingerprint density at radius 1 is 1.32 bits per heavy atom. The minimum Gasteiger partial charge on any atom is -0.383 e. The van der Waals surface area contributed by atoms with Crippen LogP contribution in [0, 0.1) is 5.92 Å². The number of benzene rings is 1. The highest BCUT2D eigenvalue weighted by Crippen LogP contribution is 2.19. The Morgan fingerprint density at radius 2 is 2.07 bits per heavy atom. The lowest BCUT2D eigenvalue weighted by atomic mass is 10.0. The number of nitrogens with zero attached hydrogens (tertiary/aromatic N) is 3. The molecule has 2 atom stereocenters. The van der Waals surface area contributed by atoms with E-state index in [4.69, 9.17) is 4.74 Å². The first-order valence-corrected chi connectivity index (χ1v) is 9.76. The van der Waals surface area contributed by atoms with Crippen molar-refractivity contribution in [3.05, 3.63) is 53.9 Å². The zero-order valence-corrected chi connectivity index (χ0v) is 17.4. The van der Waals surface area contributed by atoms with Gasteiger partial charge in [0.25, 0.3) is 0 Å². The summed E-state index contributed by atoms with van der Waals surface area (Å²) in [6.45, 7) is 8.90. The highest BCUT2D eigenvalue weighted by atomic mass is 16.5. The van der Waals surface area contributed by atoms with E-state index in [0.29, 0.717) is 25.1 Å². The maximum Gasteiger partial charge on any atom is 0.191 e. The molecule has 3 N–H and O–H groups in total. The Balaban J connectivity index is 1.80. The SMILES string of the molecule is CCNC(=NCC(C)(O)c1cnn(C)c1)NCC(C)COCc1ccccc1. The first-order chi connectivity index (χ1) is 13.4. The quantitative estimate of drug-likeness (QED) is 0.429. The number of rotatable bonds is 10. The van der Waals surface area contributed by atoms with Crippen molar-refractivity contribution in [2.75, 3.05) is 26.2 Å². The third-order valence-corrected chi connectivity index (χ3v) is 4.35. The lowest BCUT2D eigenvalue weighted by Gasteiger charge is -2.21. The van der Waals surface area contributed by atoms with Crippen LogP contribution in [0.1, 0.15) is 31.9 Å². The van der Waals surface area contributed by atoms with Crippen LogP contribution in [0.3, 0.4) is 0 Å². The van der Waals surface area contributed by atoms with Crippen molar-refractivity contribution >= 4 is 5.96 Å². The van der Waals surface area contributed by atoms with Gasteiger partial charge in [0, 0.05) is 31.9 Å². The fraction of sp³-hybridized carbons (Fsp3) is 0.524. The molecule has 154 valence electrons. The highest BCUT2D eigenvalue weighted by molar-refractivity contribution is 5.79. The van der Waals surface area contributed by atoms with Crippen molar-refractivity contribution in [1.82, 2.24) is 20.4 Å². The van der Waals surface area contributed by atoms with Crippen molar-refractivity contribution in [2.45, 2.75) is 33.0 Å². The number of hydrogen-bond donors (Lipinski definition) is 3. The monoisotopic (exact) mass is 387 g/mol. The number of aliphatic imine (C=N–C) groups is 1. The van der Waals surface area contributed by atoms with E-state index in [0.717, 1.165) is 18.7 Å². The van der Waals surface area contributed by atoms with Gasteiger partial charge < -0.3 is 20.5 Å². The third kappa shape index (κ3) is 7.32. The summed E-state index contributed by atoms with van der Waals surface area (Å²) in [6.07, 6.45) is 3.48. The summed E-state index contributed by atoms with van der Waals surface area (Å²) in [5.74, 6) is 1.01. The van der Waals surface area contributed by atoms with Crippen molar-refractivity contribution in [2.24, 2.45) is 18.0 Å². The molecule has 2 aromatic rings. The van der Waals surface area contributed by atoms with E-state index in [1.807, 2.05) is 38.4 Å². The van der Waals surface area contributed by atoms with Gasteiger partial charge in [-0.3, -0.25) is 4.68 Å². The van der Waals surface area contributed by atoms with E-state index in [2.05, 4.69) is 39.8 Å². The van der Waals surface area contributed by atoms with Crippen LogP contribution < -0.4 is 10.6 Å². The molecule has 0 spiro atoms. The number of aromatic nitrogens is 2. The second-order valence-electron chi connectivity index (χ2n) is 7.36. The summed E-state index contributed by atoms with van der Waals surface area (Å²) >= 11 is 0. The highest BCUT2D eigenvalue weighted by Gasteiger charge is 2.24. The fourth-order valence-electron chi connectivity index (χ4n) is 2.65. The molecule has 0 bridgehead atoms. The van der Waals surface area contributed by atoms with E-state index >= 15 is 0 Å². The van der Waals surface area contributed by atoms with Crippen LogP contribution in [0.25, 0.3) is 0 Å². The number of nitrogens with one attached hydrogen (secondary N) is 2. The predicted octanol–water partition coefficient (Wildman–Crippen LogP) is 2.04. The molecule has 1 aromatic carbocycles. The van der Waals surface area contributed by atoms with E-state index in [9.17, 15) is 5.11 Å². The first kappa shape index (κ1) is 21.9. The molecule has 7 heteroatoms. The van der Waals surface area contributed by atoms with E-state index in [1.165, 1.54) is 5.56 Å². The Morgan fingerprint density at radius 3 is 2.71 bits per heavy atom. The molecule has 1 aromatic heterocycles. The number of aryl methyl sites for hydroxylation is 1. The molecule has 0 saturated heterocycles. The molecule has 2 unspecified atom stereocenters. The van der Waals surface area contributed by atoms with E-state index in [-0.39, 0.29) is 6.54 Å². The third-order valence-electron chi connectivity index (χ3n) is 4.35. The molecule has 7 nitrogen and oxygen atoms in total. The summed E-state index contributed by atoms with van der Waals surface area (Å²) < 4.78 is 7.47. The zero-order chi connectivity index (χ0) is 20.4. The molecule has 0 aliphatic heterocycles. The maximum atomic E-state index is 10.7. The van der Waals surface area contributed by atoms with E-state index in [1.54, 1.807) is 17.8 Å². The number of ether oxygens (including phenoxy) is 1. The Labute approximate surface area is 167 Å². The molecular formula is C21H33N5O2. The second-order valence-corrected chi connectivity index (χ2v) is 7.36. The molecule has 28 heavy (non-hydrogen) atoms. The van der Waals surface area contributed by atoms with Gasteiger partial charge in [0.05, 0.1) is 26.0 Å². The summed E-state index contributed by atoms with van der Waals surface area (Å²) in [6, 6.07) is 10.2. The van der Waals surface area contributed by atoms with Crippen LogP contribution in [0.15, 0.2) is 47.7 Å². The van der Waals surface area contributed by atoms with Gasteiger partial charge in [-0.05, 0) is 25.3 Å². The Kier molecular flexibility index (Phi) is 8.47. The lowest BCUT2D eigenvalue weighted by Crippen LogP contribution is -2.41. The Bertz CT molecular complexity index is 727. The fourth-order valence-corrected chi connectivity index (χ4v) is 2.65.